The van der Waals surface area contributed by atoms with Crippen LogP contribution < -0.4 is 5.32 Å². The first-order valence-corrected chi connectivity index (χ1v) is 5.86. The van der Waals surface area contributed by atoms with E-state index in [9.17, 15) is 4.79 Å². The Morgan fingerprint density at radius 1 is 1.30 bits per heavy atom. The molecule has 0 saturated carbocycles. The van der Waals surface area contributed by atoms with Crippen molar-refractivity contribution in [1.29, 1.82) is 0 Å². The Kier molecular flexibility index (Phi) is 4.00. The van der Waals surface area contributed by atoms with Gasteiger partial charge >= 0.3 is 0 Å². The topological polar surface area (TPSA) is 59.8 Å². The van der Waals surface area contributed by atoms with Crippen LogP contribution in [0.3, 0.4) is 0 Å². The molecule has 0 unspecified atom stereocenters. The lowest BCUT2D eigenvalue weighted by Crippen LogP contribution is -2.11. The molecule has 6 heteroatoms. The van der Waals surface area contributed by atoms with Crippen molar-refractivity contribution in [3.8, 4) is 0 Å². The molecule has 0 spiro atoms. The number of rotatable bonds is 2. The number of imidazole rings is 1. The van der Waals surface area contributed by atoms with Crippen molar-refractivity contribution in [3.05, 3.63) is 54.6 Å². The van der Waals surface area contributed by atoms with Gasteiger partial charge in [-0.3, -0.25) is 9.78 Å². The number of carbonyl (C=O) groups is 1. The number of fused-ring (bicyclic) bond motifs is 1. The van der Waals surface area contributed by atoms with Crippen LogP contribution in [0, 0.1) is 0 Å². The molecule has 20 heavy (non-hydrogen) atoms. The Morgan fingerprint density at radius 2 is 2.15 bits per heavy atom. The minimum atomic E-state index is -0.177. The van der Waals surface area contributed by atoms with E-state index in [0.717, 1.165) is 16.7 Å². The van der Waals surface area contributed by atoms with Crippen LogP contribution in [0.4, 0.5) is 5.69 Å². The van der Waals surface area contributed by atoms with Crippen LogP contribution in [0.15, 0.2) is 49.1 Å². The molecule has 0 radical (unpaired) electrons. The van der Waals surface area contributed by atoms with E-state index < -0.39 is 0 Å². The van der Waals surface area contributed by atoms with Gasteiger partial charge < -0.3 is 9.88 Å². The van der Waals surface area contributed by atoms with Gasteiger partial charge in [0, 0.05) is 25.1 Å². The highest BCUT2D eigenvalue weighted by Crippen LogP contribution is 2.17. The molecule has 0 fully saturated rings. The average Bonchev–Trinajstić information content (AvgIpc) is 2.81. The van der Waals surface area contributed by atoms with Crippen molar-refractivity contribution in [3.63, 3.8) is 0 Å². The number of hydrogen-bond acceptors (Lipinski definition) is 3. The van der Waals surface area contributed by atoms with Crippen molar-refractivity contribution in [2.24, 2.45) is 7.05 Å². The maximum Gasteiger partial charge on any atom is 0.257 e. The third kappa shape index (κ3) is 2.62. The highest BCUT2D eigenvalue weighted by atomic mass is 35.5. The number of aromatic nitrogens is 3. The smallest absolute Gasteiger partial charge is 0.257 e. The Bertz CT molecular complexity index is 739. The zero-order valence-corrected chi connectivity index (χ0v) is 11.6. The van der Waals surface area contributed by atoms with Crippen LogP contribution in [0.25, 0.3) is 11.0 Å². The van der Waals surface area contributed by atoms with E-state index in [0.29, 0.717) is 5.56 Å². The van der Waals surface area contributed by atoms with Gasteiger partial charge in [-0.05, 0) is 30.3 Å². The summed E-state index contributed by atoms with van der Waals surface area (Å²) in [4.78, 5) is 20.2. The number of hydrogen-bond donors (Lipinski definition) is 1. The molecule has 1 aromatic carbocycles. The fourth-order valence-electron chi connectivity index (χ4n) is 1.91. The molecular formula is C14H13ClN4O. The SMILES string of the molecule is Cl.Cn1cnc2cc(NC(=O)c3cccnc3)ccc21. The quantitative estimate of drug-likeness (QED) is 0.788. The highest BCUT2D eigenvalue weighted by molar-refractivity contribution is 6.04. The summed E-state index contributed by atoms with van der Waals surface area (Å²) < 4.78 is 1.93. The number of nitrogens with zero attached hydrogens (tertiary/aromatic N) is 3. The highest BCUT2D eigenvalue weighted by Gasteiger charge is 2.07. The third-order valence-electron chi connectivity index (χ3n) is 2.91. The number of aryl methyl sites for hydroxylation is 1. The fraction of sp³-hybridized carbons (Fsp3) is 0.0714. The molecule has 2 aromatic heterocycles. The lowest BCUT2D eigenvalue weighted by atomic mass is 10.2. The number of amides is 1. The average molecular weight is 289 g/mol. The number of nitrogens with one attached hydrogen (secondary N) is 1. The minimum Gasteiger partial charge on any atom is -0.334 e. The molecule has 0 bridgehead atoms. The van der Waals surface area contributed by atoms with Crippen LogP contribution in [0.5, 0.6) is 0 Å². The van der Waals surface area contributed by atoms with E-state index in [-0.39, 0.29) is 18.3 Å². The van der Waals surface area contributed by atoms with Crippen molar-refractivity contribution in [2.75, 3.05) is 5.32 Å². The molecule has 0 aliphatic heterocycles. The summed E-state index contributed by atoms with van der Waals surface area (Å²) in [6.45, 7) is 0. The van der Waals surface area contributed by atoms with E-state index in [1.807, 2.05) is 29.8 Å². The summed E-state index contributed by atoms with van der Waals surface area (Å²) in [7, 11) is 1.93. The Hall–Kier alpha value is -2.40. The first kappa shape index (κ1) is 14.0. The maximum absolute atomic E-state index is 12.0. The summed E-state index contributed by atoms with van der Waals surface area (Å²) >= 11 is 0. The Morgan fingerprint density at radius 3 is 2.90 bits per heavy atom. The van der Waals surface area contributed by atoms with Crippen molar-refractivity contribution < 1.29 is 4.79 Å². The normalized spacial score (nSPS) is 10.1. The van der Waals surface area contributed by atoms with Crippen LogP contribution in [-0.2, 0) is 7.05 Å². The molecule has 2 heterocycles. The predicted molar refractivity (Wildman–Crippen MR) is 80.2 cm³/mol. The minimum absolute atomic E-state index is 0. The molecule has 0 aliphatic carbocycles. The standard InChI is InChI=1S/C14H12N4O.ClH/c1-18-9-16-12-7-11(4-5-13(12)18)17-14(19)10-3-2-6-15-8-10;/h2-9H,1H3,(H,17,19);1H. The van der Waals surface area contributed by atoms with E-state index in [1.54, 1.807) is 24.7 Å². The van der Waals surface area contributed by atoms with E-state index >= 15 is 0 Å². The molecule has 5 nitrogen and oxygen atoms in total. The van der Waals surface area contributed by atoms with Crippen LogP contribution in [0.1, 0.15) is 10.4 Å². The monoisotopic (exact) mass is 288 g/mol. The molecule has 0 saturated heterocycles. The lowest BCUT2D eigenvalue weighted by molar-refractivity contribution is 0.102. The summed E-state index contributed by atoms with van der Waals surface area (Å²) in [5.41, 5.74) is 3.13. The van der Waals surface area contributed by atoms with E-state index in [2.05, 4.69) is 15.3 Å². The molecule has 1 N–H and O–H groups in total. The molecule has 1 amide bonds. The van der Waals surface area contributed by atoms with Gasteiger partial charge in [0.05, 0.1) is 22.9 Å². The molecule has 0 aliphatic rings. The first-order valence-electron chi connectivity index (χ1n) is 5.86. The van der Waals surface area contributed by atoms with E-state index in [4.69, 9.17) is 0 Å². The molecule has 0 atom stereocenters. The van der Waals surface area contributed by atoms with Gasteiger partial charge in [0.1, 0.15) is 0 Å². The second-order valence-corrected chi connectivity index (χ2v) is 4.25. The van der Waals surface area contributed by atoms with Gasteiger partial charge in [0.2, 0.25) is 0 Å². The maximum atomic E-state index is 12.0. The lowest BCUT2D eigenvalue weighted by Gasteiger charge is -2.05. The second-order valence-electron chi connectivity index (χ2n) is 4.25. The van der Waals surface area contributed by atoms with Crippen LogP contribution in [0.2, 0.25) is 0 Å². The number of carbonyl (C=O) groups excluding carboxylic acids is 1. The van der Waals surface area contributed by atoms with Gasteiger partial charge in [-0.25, -0.2) is 4.98 Å². The van der Waals surface area contributed by atoms with Gasteiger partial charge in [-0.1, -0.05) is 0 Å². The Balaban J connectivity index is 0.00000147. The first-order chi connectivity index (χ1) is 9.24. The van der Waals surface area contributed by atoms with Crippen LogP contribution in [-0.4, -0.2) is 20.4 Å². The fourth-order valence-corrected chi connectivity index (χ4v) is 1.91. The van der Waals surface area contributed by atoms with Gasteiger partial charge in [0.15, 0.2) is 0 Å². The van der Waals surface area contributed by atoms with Gasteiger partial charge in [-0.15, -0.1) is 12.4 Å². The van der Waals surface area contributed by atoms with Crippen molar-refractivity contribution in [1.82, 2.24) is 14.5 Å². The molecular weight excluding hydrogens is 276 g/mol. The zero-order chi connectivity index (χ0) is 13.2. The predicted octanol–water partition coefficient (Wildman–Crippen LogP) is 2.64. The Labute approximate surface area is 122 Å². The molecule has 3 rings (SSSR count). The van der Waals surface area contributed by atoms with Crippen LogP contribution >= 0.6 is 12.4 Å². The van der Waals surface area contributed by atoms with Crippen molar-refractivity contribution >= 4 is 35.0 Å². The number of benzene rings is 1. The zero-order valence-electron chi connectivity index (χ0n) is 10.8. The summed E-state index contributed by atoms with van der Waals surface area (Å²) in [5.74, 6) is -0.177. The number of anilines is 1. The third-order valence-corrected chi connectivity index (χ3v) is 2.91. The van der Waals surface area contributed by atoms with Gasteiger partial charge in [0.25, 0.3) is 5.91 Å². The summed E-state index contributed by atoms with van der Waals surface area (Å²) in [6.07, 6.45) is 4.92. The van der Waals surface area contributed by atoms with Gasteiger partial charge in [-0.2, -0.15) is 0 Å². The summed E-state index contributed by atoms with van der Waals surface area (Å²) in [5, 5.41) is 2.83. The second kappa shape index (κ2) is 5.71. The molecule has 102 valence electrons. The van der Waals surface area contributed by atoms with Crippen molar-refractivity contribution in [2.45, 2.75) is 0 Å². The summed E-state index contributed by atoms with van der Waals surface area (Å²) in [6, 6.07) is 9.10. The molecule has 3 aromatic rings. The number of halogens is 1. The largest absolute Gasteiger partial charge is 0.334 e. The van der Waals surface area contributed by atoms with E-state index in [1.165, 1.54) is 6.20 Å². The number of pyridine rings is 1.